The SMILES string of the molecule is O=C(NCCNCC(O)COc1ccc(OCCOCC2CC2)cc1)Nc1cccc(Cl)c1.O=CO. The first-order valence-corrected chi connectivity index (χ1v) is 12.1. The van der Waals surface area contributed by atoms with Crippen LogP contribution in [0.25, 0.3) is 0 Å². The minimum Gasteiger partial charge on any atom is -0.491 e. The van der Waals surface area contributed by atoms with Gasteiger partial charge >= 0.3 is 6.03 Å². The van der Waals surface area contributed by atoms with Gasteiger partial charge in [0.1, 0.15) is 30.8 Å². The summed E-state index contributed by atoms with van der Waals surface area (Å²) >= 11 is 5.89. The van der Waals surface area contributed by atoms with Crippen molar-refractivity contribution in [3.05, 3.63) is 53.6 Å². The Labute approximate surface area is 215 Å². The van der Waals surface area contributed by atoms with Crippen LogP contribution in [-0.2, 0) is 9.53 Å². The first-order valence-electron chi connectivity index (χ1n) is 11.7. The molecule has 1 aliphatic rings. The molecule has 2 aromatic rings. The van der Waals surface area contributed by atoms with Crippen LogP contribution in [0.15, 0.2) is 48.5 Å². The predicted molar refractivity (Wildman–Crippen MR) is 137 cm³/mol. The fourth-order valence-electron chi connectivity index (χ4n) is 2.91. The van der Waals surface area contributed by atoms with E-state index in [0.29, 0.717) is 49.3 Å². The van der Waals surface area contributed by atoms with Gasteiger partial charge in [0.2, 0.25) is 0 Å². The van der Waals surface area contributed by atoms with E-state index in [9.17, 15) is 9.90 Å². The quantitative estimate of drug-likeness (QED) is 0.177. The Bertz CT molecular complexity index is 897. The molecule has 0 saturated heterocycles. The van der Waals surface area contributed by atoms with E-state index in [-0.39, 0.29) is 19.1 Å². The van der Waals surface area contributed by atoms with Gasteiger partial charge in [0.15, 0.2) is 0 Å². The van der Waals surface area contributed by atoms with Crippen molar-refractivity contribution in [1.29, 1.82) is 0 Å². The molecule has 1 unspecified atom stereocenters. The van der Waals surface area contributed by atoms with Crippen molar-refractivity contribution in [2.24, 2.45) is 5.92 Å². The highest BCUT2D eigenvalue weighted by Gasteiger charge is 2.20. The number of anilines is 1. The van der Waals surface area contributed by atoms with Gasteiger partial charge in [0.05, 0.1) is 6.61 Å². The molecule has 0 heterocycles. The van der Waals surface area contributed by atoms with E-state index >= 15 is 0 Å². The number of carbonyl (C=O) groups excluding carboxylic acids is 1. The minimum absolute atomic E-state index is 0.158. The molecule has 2 amide bonds. The fraction of sp³-hybridized carbons (Fsp3) is 0.440. The van der Waals surface area contributed by atoms with Gasteiger partial charge in [-0.25, -0.2) is 4.79 Å². The van der Waals surface area contributed by atoms with E-state index in [1.54, 1.807) is 24.3 Å². The number of aliphatic hydroxyl groups is 1. The zero-order valence-corrected chi connectivity index (χ0v) is 20.8. The molecule has 36 heavy (non-hydrogen) atoms. The molecule has 0 aromatic heterocycles. The van der Waals surface area contributed by atoms with Crippen molar-refractivity contribution in [2.45, 2.75) is 18.9 Å². The fourth-order valence-corrected chi connectivity index (χ4v) is 3.10. The average Bonchev–Trinajstić information content (AvgIpc) is 3.68. The van der Waals surface area contributed by atoms with Gasteiger partial charge in [-0.15, -0.1) is 0 Å². The third-order valence-corrected chi connectivity index (χ3v) is 5.10. The lowest BCUT2D eigenvalue weighted by Gasteiger charge is -2.14. The van der Waals surface area contributed by atoms with Crippen molar-refractivity contribution in [3.63, 3.8) is 0 Å². The molecular weight excluding hydrogens is 490 g/mol. The van der Waals surface area contributed by atoms with Crippen LogP contribution in [0.1, 0.15) is 12.8 Å². The van der Waals surface area contributed by atoms with E-state index in [0.717, 1.165) is 18.3 Å². The van der Waals surface area contributed by atoms with Gasteiger partial charge in [-0.3, -0.25) is 4.79 Å². The molecule has 198 valence electrons. The monoisotopic (exact) mass is 523 g/mol. The molecule has 1 aliphatic carbocycles. The number of halogens is 1. The summed E-state index contributed by atoms with van der Waals surface area (Å²) < 4.78 is 16.8. The Morgan fingerprint density at radius 1 is 1.08 bits per heavy atom. The van der Waals surface area contributed by atoms with Gasteiger partial charge in [-0.05, 0) is 61.2 Å². The largest absolute Gasteiger partial charge is 0.491 e. The molecule has 0 radical (unpaired) electrons. The third kappa shape index (κ3) is 13.7. The number of hydrogen-bond acceptors (Lipinski definition) is 7. The topological polar surface area (TPSA) is 138 Å². The van der Waals surface area contributed by atoms with Crippen LogP contribution < -0.4 is 25.4 Å². The molecule has 10 nitrogen and oxygen atoms in total. The zero-order valence-electron chi connectivity index (χ0n) is 20.0. The van der Waals surface area contributed by atoms with Gasteiger partial charge in [0.25, 0.3) is 6.47 Å². The van der Waals surface area contributed by atoms with E-state index < -0.39 is 6.10 Å². The Morgan fingerprint density at radius 2 is 1.78 bits per heavy atom. The summed E-state index contributed by atoms with van der Waals surface area (Å²) in [6.07, 6.45) is 1.90. The second kappa shape index (κ2) is 17.4. The summed E-state index contributed by atoms with van der Waals surface area (Å²) in [5.41, 5.74) is 0.623. The Hall–Kier alpha value is -3.05. The first kappa shape index (κ1) is 29.2. The number of hydrogen-bond donors (Lipinski definition) is 5. The number of urea groups is 1. The Morgan fingerprint density at radius 3 is 2.44 bits per heavy atom. The van der Waals surface area contributed by atoms with Crippen LogP contribution in [0.4, 0.5) is 10.5 Å². The smallest absolute Gasteiger partial charge is 0.319 e. The van der Waals surface area contributed by atoms with Crippen LogP contribution in [0.2, 0.25) is 5.02 Å². The number of rotatable bonds is 15. The number of nitrogens with one attached hydrogen (secondary N) is 3. The molecule has 0 aliphatic heterocycles. The molecule has 2 aromatic carbocycles. The van der Waals surface area contributed by atoms with Gasteiger partial charge in [0, 0.05) is 37.0 Å². The molecule has 5 N–H and O–H groups in total. The molecule has 1 atom stereocenters. The van der Waals surface area contributed by atoms with Gasteiger partial charge in [-0.2, -0.15) is 0 Å². The number of carbonyl (C=O) groups is 2. The molecule has 3 rings (SSSR count). The maximum Gasteiger partial charge on any atom is 0.319 e. The Kier molecular flexibility index (Phi) is 14.1. The van der Waals surface area contributed by atoms with Gasteiger partial charge in [-0.1, -0.05) is 17.7 Å². The summed E-state index contributed by atoms with van der Waals surface area (Å²) in [6.45, 7) is 3.13. The van der Waals surface area contributed by atoms with E-state index in [2.05, 4.69) is 16.0 Å². The number of ether oxygens (including phenoxy) is 3. The Balaban J connectivity index is 0.00000145. The summed E-state index contributed by atoms with van der Waals surface area (Å²) in [7, 11) is 0. The van der Waals surface area contributed by atoms with Crippen LogP contribution in [0.5, 0.6) is 11.5 Å². The van der Waals surface area contributed by atoms with Crippen LogP contribution in [-0.4, -0.2) is 74.9 Å². The number of carboxylic acid groups (broad SMARTS) is 1. The lowest BCUT2D eigenvalue weighted by molar-refractivity contribution is -0.122. The van der Waals surface area contributed by atoms with Crippen LogP contribution >= 0.6 is 11.6 Å². The van der Waals surface area contributed by atoms with Crippen LogP contribution in [0, 0.1) is 5.92 Å². The highest BCUT2D eigenvalue weighted by Crippen LogP contribution is 2.28. The summed E-state index contributed by atoms with van der Waals surface area (Å²) in [5.74, 6) is 2.17. The minimum atomic E-state index is -0.676. The zero-order chi connectivity index (χ0) is 26.0. The number of aliphatic hydroxyl groups excluding tert-OH is 1. The lowest BCUT2D eigenvalue weighted by Crippen LogP contribution is -2.38. The molecule has 11 heteroatoms. The van der Waals surface area contributed by atoms with Crippen LogP contribution in [0.3, 0.4) is 0 Å². The summed E-state index contributed by atoms with van der Waals surface area (Å²) in [6, 6.07) is 13.9. The van der Waals surface area contributed by atoms with Crippen molar-refractivity contribution in [2.75, 3.05) is 51.4 Å². The highest BCUT2D eigenvalue weighted by molar-refractivity contribution is 6.30. The molecule has 0 bridgehead atoms. The normalized spacial score (nSPS) is 13.1. The van der Waals surface area contributed by atoms with Crippen molar-refractivity contribution in [1.82, 2.24) is 10.6 Å². The molecule has 0 spiro atoms. The second-order valence-electron chi connectivity index (χ2n) is 8.00. The number of amides is 2. The molecule has 1 fully saturated rings. The lowest BCUT2D eigenvalue weighted by atomic mass is 10.3. The molecular formula is C25H34ClN3O7. The maximum atomic E-state index is 11.8. The number of benzene rings is 2. The first-order chi connectivity index (χ1) is 17.5. The molecule has 1 saturated carbocycles. The average molecular weight is 524 g/mol. The maximum absolute atomic E-state index is 11.8. The van der Waals surface area contributed by atoms with E-state index in [1.165, 1.54) is 12.8 Å². The third-order valence-electron chi connectivity index (χ3n) is 4.86. The van der Waals surface area contributed by atoms with E-state index in [1.807, 2.05) is 24.3 Å². The summed E-state index contributed by atoms with van der Waals surface area (Å²) in [5, 5.41) is 26.0. The van der Waals surface area contributed by atoms with Crippen molar-refractivity contribution >= 4 is 29.8 Å². The van der Waals surface area contributed by atoms with Gasteiger partial charge < -0.3 is 40.4 Å². The standard InChI is InChI=1S/C24H32ClN3O5.CH2O2/c25-19-2-1-3-20(14-19)28-24(30)27-11-10-26-15-21(29)17-33-23-8-6-22(7-9-23)32-13-12-31-16-18-4-5-18;2-1-3/h1-3,6-9,14,18,21,26,29H,4-5,10-13,15-17H2,(H2,27,28,30);1H,(H,2,3). The summed E-state index contributed by atoms with van der Waals surface area (Å²) in [4.78, 5) is 20.2. The highest BCUT2D eigenvalue weighted by atomic mass is 35.5. The van der Waals surface area contributed by atoms with E-state index in [4.69, 9.17) is 35.7 Å². The van der Waals surface area contributed by atoms with Crippen molar-refractivity contribution < 1.29 is 34.0 Å². The predicted octanol–water partition coefficient (Wildman–Crippen LogP) is 3.00. The second-order valence-corrected chi connectivity index (χ2v) is 8.44. The van der Waals surface area contributed by atoms with Crippen molar-refractivity contribution in [3.8, 4) is 11.5 Å².